The van der Waals surface area contributed by atoms with E-state index in [1.54, 1.807) is 0 Å². The van der Waals surface area contributed by atoms with Crippen LogP contribution in [0.2, 0.25) is 0 Å². The Morgan fingerprint density at radius 2 is 1.90 bits per heavy atom. The zero-order chi connectivity index (χ0) is 15.1. The van der Waals surface area contributed by atoms with Crippen LogP contribution in [0.25, 0.3) is 0 Å². The third kappa shape index (κ3) is 2.68. The van der Waals surface area contributed by atoms with Gasteiger partial charge in [0.2, 0.25) is 0 Å². The van der Waals surface area contributed by atoms with Crippen molar-refractivity contribution >= 4 is 0 Å². The molecule has 5 heteroatoms. The quantitative estimate of drug-likeness (QED) is 0.759. The summed E-state index contributed by atoms with van der Waals surface area (Å²) in [6.45, 7) is 4.11. The molecule has 0 spiro atoms. The first-order valence-corrected chi connectivity index (χ1v) is 6.80. The van der Waals surface area contributed by atoms with Crippen LogP contribution in [0.15, 0.2) is 18.2 Å². The molecule has 1 saturated carbocycles. The van der Waals surface area contributed by atoms with Crippen LogP contribution < -0.4 is 5.73 Å². The maximum atomic E-state index is 13.7. The van der Waals surface area contributed by atoms with Crippen molar-refractivity contribution in [2.24, 2.45) is 17.6 Å². The van der Waals surface area contributed by atoms with Gasteiger partial charge >= 0.3 is 6.18 Å². The fourth-order valence-electron chi connectivity index (χ4n) is 3.13. The molecule has 1 fully saturated rings. The molecule has 20 heavy (non-hydrogen) atoms. The number of alkyl halides is 3. The van der Waals surface area contributed by atoms with Gasteiger partial charge in [-0.2, -0.15) is 13.2 Å². The molecule has 1 nitrogen and oxygen atoms in total. The highest BCUT2D eigenvalue weighted by Crippen LogP contribution is 2.43. The highest BCUT2D eigenvalue weighted by atomic mass is 19.4. The lowest BCUT2D eigenvalue weighted by atomic mass is 9.67. The van der Waals surface area contributed by atoms with Gasteiger partial charge in [-0.3, -0.25) is 0 Å². The number of nitrogens with two attached hydrogens (primary N) is 1. The fraction of sp³-hybridized carbons (Fsp3) is 0.600. The summed E-state index contributed by atoms with van der Waals surface area (Å²) >= 11 is 0. The molecule has 1 aliphatic carbocycles. The topological polar surface area (TPSA) is 26.0 Å². The van der Waals surface area contributed by atoms with Crippen molar-refractivity contribution in [3.8, 4) is 0 Å². The van der Waals surface area contributed by atoms with Crippen molar-refractivity contribution in [3.63, 3.8) is 0 Å². The third-order valence-electron chi connectivity index (χ3n) is 4.50. The molecule has 1 aromatic carbocycles. The average molecular weight is 289 g/mol. The van der Waals surface area contributed by atoms with Crippen LogP contribution in [-0.4, -0.2) is 0 Å². The van der Waals surface area contributed by atoms with Crippen molar-refractivity contribution in [2.45, 2.75) is 44.8 Å². The molecule has 0 bridgehead atoms. The molecular formula is C15H19F4N. The Morgan fingerprint density at radius 1 is 1.25 bits per heavy atom. The van der Waals surface area contributed by atoms with Gasteiger partial charge in [-0.05, 0) is 48.8 Å². The van der Waals surface area contributed by atoms with E-state index < -0.39 is 23.1 Å². The second kappa shape index (κ2) is 5.02. The van der Waals surface area contributed by atoms with Crippen LogP contribution in [-0.2, 0) is 11.7 Å². The highest BCUT2D eigenvalue weighted by Gasteiger charge is 2.40. The van der Waals surface area contributed by atoms with E-state index in [9.17, 15) is 17.6 Å². The zero-order valence-electron chi connectivity index (χ0n) is 11.6. The molecule has 0 aromatic heterocycles. The minimum atomic E-state index is -4.67. The standard InChI is InChI=1S/C15H19F4N/c1-9-5-6-14(20,10(2)7-9)11-3-4-12(13(16)8-11)15(17,18)19/h3-4,8-10H,5-7,20H2,1-2H3. The number of hydrogen-bond donors (Lipinski definition) is 1. The summed E-state index contributed by atoms with van der Waals surface area (Å²) in [5.41, 5.74) is 4.85. The second-order valence-corrected chi connectivity index (χ2v) is 6.01. The summed E-state index contributed by atoms with van der Waals surface area (Å²) in [5, 5.41) is 0. The van der Waals surface area contributed by atoms with E-state index in [1.165, 1.54) is 6.07 Å². The fourth-order valence-corrected chi connectivity index (χ4v) is 3.13. The van der Waals surface area contributed by atoms with Gasteiger partial charge < -0.3 is 5.73 Å². The minimum Gasteiger partial charge on any atom is -0.321 e. The lowest BCUT2D eigenvalue weighted by Crippen LogP contribution is -2.46. The average Bonchev–Trinajstić information content (AvgIpc) is 2.32. The largest absolute Gasteiger partial charge is 0.419 e. The van der Waals surface area contributed by atoms with E-state index in [0.29, 0.717) is 17.9 Å². The first-order valence-electron chi connectivity index (χ1n) is 6.80. The summed E-state index contributed by atoms with van der Waals surface area (Å²) in [4.78, 5) is 0. The molecule has 2 N–H and O–H groups in total. The highest BCUT2D eigenvalue weighted by molar-refractivity contribution is 5.32. The second-order valence-electron chi connectivity index (χ2n) is 6.01. The van der Waals surface area contributed by atoms with E-state index in [0.717, 1.165) is 25.0 Å². The van der Waals surface area contributed by atoms with Gasteiger partial charge in [0.25, 0.3) is 0 Å². The molecule has 0 radical (unpaired) electrons. The van der Waals surface area contributed by atoms with Crippen molar-refractivity contribution in [1.29, 1.82) is 0 Å². The van der Waals surface area contributed by atoms with E-state index in [1.807, 2.05) is 6.92 Å². The Bertz CT molecular complexity index is 497. The lowest BCUT2D eigenvalue weighted by molar-refractivity contribution is -0.140. The SMILES string of the molecule is CC1CCC(N)(c2ccc(C(F)(F)F)c(F)c2)C(C)C1. The molecule has 0 aliphatic heterocycles. The molecule has 2 rings (SSSR count). The van der Waals surface area contributed by atoms with E-state index >= 15 is 0 Å². The Labute approximate surface area is 116 Å². The summed E-state index contributed by atoms with van der Waals surface area (Å²) in [6.07, 6.45) is -2.19. The maximum Gasteiger partial charge on any atom is 0.419 e. The van der Waals surface area contributed by atoms with Crippen molar-refractivity contribution in [3.05, 3.63) is 35.1 Å². The summed E-state index contributed by atoms with van der Waals surface area (Å²) in [7, 11) is 0. The molecular weight excluding hydrogens is 270 g/mol. The van der Waals surface area contributed by atoms with Crippen LogP contribution in [0.5, 0.6) is 0 Å². The van der Waals surface area contributed by atoms with E-state index in [2.05, 4.69) is 6.92 Å². The van der Waals surface area contributed by atoms with Gasteiger partial charge in [0.15, 0.2) is 0 Å². The summed E-state index contributed by atoms with van der Waals surface area (Å²) in [5.74, 6) is -0.589. The number of rotatable bonds is 1. The van der Waals surface area contributed by atoms with E-state index in [-0.39, 0.29) is 5.92 Å². The molecule has 112 valence electrons. The molecule has 0 saturated heterocycles. The molecule has 3 unspecified atom stereocenters. The number of halogens is 4. The van der Waals surface area contributed by atoms with Crippen LogP contribution in [0.4, 0.5) is 17.6 Å². The predicted molar refractivity (Wildman–Crippen MR) is 69.4 cm³/mol. The molecule has 1 aliphatic rings. The Morgan fingerprint density at radius 3 is 2.40 bits per heavy atom. The molecule has 3 atom stereocenters. The first-order chi connectivity index (χ1) is 9.14. The monoisotopic (exact) mass is 289 g/mol. The smallest absolute Gasteiger partial charge is 0.321 e. The Kier molecular flexibility index (Phi) is 3.84. The summed E-state index contributed by atoms with van der Waals surface area (Å²) in [6, 6.07) is 3.07. The number of benzene rings is 1. The van der Waals surface area contributed by atoms with Crippen LogP contribution in [0.1, 0.15) is 44.2 Å². The summed E-state index contributed by atoms with van der Waals surface area (Å²) < 4.78 is 51.4. The van der Waals surface area contributed by atoms with Crippen LogP contribution >= 0.6 is 0 Å². The van der Waals surface area contributed by atoms with E-state index in [4.69, 9.17) is 5.73 Å². The van der Waals surface area contributed by atoms with Gasteiger partial charge in [0.05, 0.1) is 5.56 Å². The Hall–Kier alpha value is -1.10. The lowest BCUT2D eigenvalue weighted by Gasteiger charge is -2.42. The van der Waals surface area contributed by atoms with Gasteiger partial charge in [0.1, 0.15) is 5.82 Å². The van der Waals surface area contributed by atoms with Crippen molar-refractivity contribution in [1.82, 2.24) is 0 Å². The van der Waals surface area contributed by atoms with Gasteiger partial charge in [-0.1, -0.05) is 19.9 Å². The van der Waals surface area contributed by atoms with Crippen LogP contribution in [0.3, 0.4) is 0 Å². The van der Waals surface area contributed by atoms with Gasteiger partial charge in [-0.15, -0.1) is 0 Å². The number of hydrogen-bond acceptors (Lipinski definition) is 1. The van der Waals surface area contributed by atoms with Crippen LogP contribution in [0, 0.1) is 17.7 Å². The van der Waals surface area contributed by atoms with Gasteiger partial charge in [-0.25, -0.2) is 4.39 Å². The molecule has 0 heterocycles. The maximum absolute atomic E-state index is 13.7. The normalized spacial score (nSPS) is 31.4. The first kappa shape index (κ1) is 15.3. The van der Waals surface area contributed by atoms with Gasteiger partial charge in [0, 0.05) is 5.54 Å². The molecule has 0 amide bonds. The third-order valence-corrected chi connectivity index (χ3v) is 4.50. The Balaban J connectivity index is 2.36. The predicted octanol–water partition coefficient (Wildman–Crippen LogP) is 4.45. The minimum absolute atomic E-state index is 0.113. The van der Waals surface area contributed by atoms with Crippen molar-refractivity contribution < 1.29 is 17.6 Å². The zero-order valence-corrected chi connectivity index (χ0v) is 11.6. The van der Waals surface area contributed by atoms with Crippen molar-refractivity contribution in [2.75, 3.05) is 0 Å². The molecule has 1 aromatic rings.